The molecule has 0 saturated heterocycles. The molecular weight excluding hydrogens is 392 g/mol. The summed E-state index contributed by atoms with van der Waals surface area (Å²) in [5.74, 6) is 3.73. The number of benzene rings is 2. The summed E-state index contributed by atoms with van der Waals surface area (Å²) in [6.45, 7) is 1.18. The first-order valence-corrected chi connectivity index (χ1v) is 9.73. The van der Waals surface area contributed by atoms with E-state index in [1.807, 2.05) is 24.3 Å². The van der Waals surface area contributed by atoms with Crippen molar-refractivity contribution < 1.29 is 38.3 Å². The third kappa shape index (κ3) is 5.20. The number of ether oxygens (including phenoxy) is 7. The van der Waals surface area contributed by atoms with Crippen molar-refractivity contribution in [2.24, 2.45) is 0 Å². The van der Waals surface area contributed by atoms with Crippen LogP contribution in [0.15, 0.2) is 24.3 Å². The number of rotatable bonds is 12. The van der Waals surface area contributed by atoms with Crippen LogP contribution in [0.2, 0.25) is 0 Å². The molecule has 3 rings (SSSR count). The van der Waals surface area contributed by atoms with Crippen molar-refractivity contribution in [2.45, 2.75) is 12.8 Å². The molecule has 0 saturated carbocycles. The highest BCUT2D eigenvalue weighted by atomic mass is 16.7. The molecule has 164 valence electrons. The van der Waals surface area contributed by atoms with Gasteiger partial charge in [-0.1, -0.05) is 0 Å². The zero-order chi connectivity index (χ0) is 21.3. The highest BCUT2D eigenvalue weighted by Gasteiger charge is 2.21. The van der Waals surface area contributed by atoms with Crippen molar-refractivity contribution in [3.63, 3.8) is 0 Å². The molecular formula is C22H28O8. The van der Waals surface area contributed by atoms with Crippen molar-refractivity contribution in [3.05, 3.63) is 35.4 Å². The highest BCUT2D eigenvalue weighted by molar-refractivity contribution is 5.56. The van der Waals surface area contributed by atoms with E-state index in [4.69, 9.17) is 38.3 Å². The van der Waals surface area contributed by atoms with Gasteiger partial charge in [-0.05, 0) is 48.2 Å². The average molecular weight is 420 g/mol. The summed E-state index contributed by atoms with van der Waals surface area (Å²) in [6, 6.07) is 7.82. The molecule has 0 amide bonds. The lowest BCUT2D eigenvalue weighted by atomic mass is 10.0. The molecule has 0 aromatic heterocycles. The lowest BCUT2D eigenvalue weighted by Gasteiger charge is -2.14. The molecule has 1 aliphatic rings. The van der Waals surface area contributed by atoms with E-state index in [1.165, 1.54) is 0 Å². The molecule has 1 heterocycles. The smallest absolute Gasteiger partial charge is 0.231 e. The van der Waals surface area contributed by atoms with Crippen LogP contribution in [0.4, 0.5) is 0 Å². The van der Waals surface area contributed by atoms with Gasteiger partial charge in [-0.2, -0.15) is 0 Å². The van der Waals surface area contributed by atoms with Crippen LogP contribution >= 0.6 is 0 Å². The molecule has 0 spiro atoms. The number of methoxy groups -OCH3 is 3. The van der Waals surface area contributed by atoms with Crippen LogP contribution in [-0.4, -0.2) is 59.7 Å². The Bertz CT molecular complexity index is 811. The predicted molar refractivity (Wildman–Crippen MR) is 109 cm³/mol. The summed E-state index contributed by atoms with van der Waals surface area (Å²) in [6.07, 6.45) is 1.52. The summed E-state index contributed by atoms with van der Waals surface area (Å²) in [5, 5.41) is 8.77. The van der Waals surface area contributed by atoms with Crippen LogP contribution in [-0.2, 0) is 17.6 Å². The number of hydrogen-bond donors (Lipinski definition) is 1. The molecule has 0 bridgehead atoms. The first kappa shape index (κ1) is 21.9. The topological polar surface area (TPSA) is 84.8 Å². The van der Waals surface area contributed by atoms with Crippen LogP contribution in [0, 0.1) is 0 Å². The summed E-state index contributed by atoms with van der Waals surface area (Å²) < 4.78 is 38.4. The average Bonchev–Trinajstić information content (AvgIpc) is 3.25. The lowest BCUT2D eigenvalue weighted by Crippen LogP contribution is -2.09. The molecule has 0 radical (unpaired) electrons. The number of aryl methyl sites for hydroxylation is 2. The Morgan fingerprint density at radius 1 is 0.800 bits per heavy atom. The Morgan fingerprint density at radius 3 is 2.10 bits per heavy atom. The van der Waals surface area contributed by atoms with Crippen LogP contribution in [0.1, 0.15) is 11.1 Å². The van der Waals surface area contributed by atoms with Gasteiger partial charge in [0.2, 0.25) is 18.3 Å². The molecule has 2 aromatic rings. The number of aliphatic hydroxyl groups is 1. The van der Waals surface area contributed by atoms with Gasteiger partial charge in [0, 0.05) is 0 Å². The predicted octanol–water partition coefficient (Wildman–Crippen LogP) is 2.61. The summed E-state index contributed by atoms with van der Waals surface area (Å²) in [7, 11) is 4.79. The Kier molecular flexibility index (Phi) is 7.87. The van der Waals surface area contributed by atoms with Crippen molar-refractivity contribution in [3.8, 4) is 34.5 Å². The van der Waals surface area contributed by atoms with Crippen molar-refractivity contribution in [1.82, 2.24) is 0 Å². The fraction of sp³-hybridized carbons (Fsp3) is 0.455. The Balaban J connectivity index is 1.72. The van der Waals surface area contributed by atoms with Gasteiger partial charge in [0.25, 0.3) is 0 Å². The van der Waals surface area contributed by atoms with E-state index in [0.717, 1.165) is 24.0 Å². The van der Waals surface area contributed by atoms with Gasteiger partial charge in [-0.3, -0.25) is 0 Å². The number of fused-ring (bicyclic) bond motifs is 1. The molecule has 0 atom stereocenters. The zero-order valence-corrected chi connectivity index (χ0v) is 17.6. The second kappa shape index (κ2) is 10.8. The minimum absolute atomic E-state index is 0.0111. The molecule has 8 heteroatoms. The fourth-order valence-electron chi connectivity index (χ4n) is 3.23. The van der Waals surface area contributed by atoms with E-state index in [0.29, 0.717) is 47.7 Å². The second-order valence-electron chi connectivity index (χ2n) is 6.55. The van der Waals surface area contributed by atoms with Crippen LogP contribution in [0.3, 0.4) is 0 Å². The monoisotopic (exact) mass is 420 g/mol. The quantitative estimate of drug-likeness (QED) is 0.525. The first-order valence-electron chi connectivity index (χ1n) is 9.73. The second-order valence-corrected chi connectivity index (χ2v) is 6.55. The summed E-state index contributed by atoms with van der Waals surface area (Å²) in [4.78, 5) is 0. The van der Waals surface area contributed by atoms with Gasteiger partial charge in [0.15, 0.2) is 23.0 Å². The Labute approximate surface area is 176 Å². The van der Waals surface area contributed by atoms with E-state index in [1.54, 1.807) is 21.3 Å². The lowest BCUT2D eigenvalue weighted by molar-refractivity contribution is 0.0696. The van der Waals surface area contributed by atoms with Crippen LogP contribution in [0.5, 0.6) is 34.5 Å². The standard InChI is InChI=1S/C22H28O8/c1-24-17-10-15(11-18(25-2)21(17)26-3)4-5-16-12-19(28-9-8-27-7-6-23)22-20(13-16)29-14-30-22/h10-13,23H,4-9,14H2,1-3H3. The van der Waals surface area contributed by atoms with Gasteiger partial charge >= 0.3 is 0 Å². The van der Waals surface area contributed by atoms with Gasteiger partial charge in [-0.25, -0.2) is 0 Å². The third-order valence-electron chi connectivity index (χ3n) is 4.65. The van der Waals surface area contributed by atoms with E-state index < -0.39 is 0 Å². The Morgan fingerprint density at radius 2 is 1.47 bits per heavy atom. The number of aliphatic hydroxyl groups excluding tert-OH is 1. The minimum atomic E-state index is -0.0111. The van der Waals surface area contributed by atoms with Gasteiger partial charge in [-0.15, -0.1) is 0 Å². The zero-order valence-electron chi connectivity index (χ0n) is 17.6. The Hall–Kier alpha value is -2.84. The van der Waals surface area contributed by atoms with Gasteiger partial charge in [0.05, 0.1) is 41.2 Å². The van der Waals surface area contributed by atoms with Gasteiger partial charge < -0.3 is 38.3 Å². The molecule has 2 aromatic carbocycles. The molecule has 30 heavy (non-hydrogen) atoms. The van der Waals surface area contributed by atoms with E-state index in [9.17, 15) is 0 Å². The SMILES string of the molecule is COc1cc(CCc2cc(OCCOCCO)c3c(c2)OCO3)cc(OC)c1OC. The number of hydrogen-bond acceptors (Lipinski definition) is 8. The molecule has 0 unspecified atom stereocenters. The first-order chi connectivity index (χ1) is 14.7. The normalized spacial score (nSPS) is 12.0. The van der Waals surface area contributed by atoms with E-state index in [-0.39, 0.29) is 20.0 Å². The van der Waals surface area contributed by atoms with E-state index in [2.05, 4.69) is 0 Å². The fourth-order valence-corrected chi connectivity index (χ4v) is 3.23. The molecule has 8 nitrogen and oxygen atoms in total. The molecule has 0 aliphatic carbocycles. The van der Waals surface area contributed by atoms with Crippen molar-refractivity contribution in [1.29, 1.82) is 0 Å². The van der Waals surface area contributed by atoms with E-state index >= 15 is 0 Å². The van der Waals surface area contributed by atoms with Crippen molar-refractivity contribution in [2.75, 3.05) is 54.5 Å². The minimum Gasteiger partial charge on any atom is -0.493 e. The molecule has 1 aliphatic heterocycles. The summed E-state index contributed by atoms with van der Waals surface area (Å²) >= 11 is 0. The summed E-state index contributed by atoms with van der Waals surface area (Å²) in [5.41, 5.74) is 2.11. The van der Waals surface area contributed by atoms with Crippen LogP contribution in [0.25, 0.3) is 0 Å². The third-order valence-corrected chi connectivity index (χ3v) is 4.65. The largest absolute Gasteiger partial charge is 0.493 e. The maximum Gasteiger partial charge on any atom is 0.231 e. The van der Waals surface area contributed by atoms with Crippen LogP contribution < -0.4 is 28.4 Å². The molecule has 0 fully saturated rings. The maximum absolute atomic E-state index is 8.77. The molecule has 1 N–H and O–H groups in total. The maximum atomic E-state index is 8.77. The highest BCUT2D eigenvalue weighted by Crippen LogP contribution is 2.43. The van der Waals surface area contributed by atoms with Crippen molar-refractivity contribution >= 4 is 0 Å². The van der Waals surface area contributed by atoms with Gasteiger partial charge in [0.1, 0.15) is 6.61 Å².